The van der Waals surface area contributed by atoms with Crippen molar-refractivity contribution in [3.63, 3.8) is 0 Å². The molecule has 1 aromatic rings. The van der Waals surface area contributed by atoms with Gasteiger partial charge in [-0.05, 0) is 37.7 Å². The Bertz CT molecular complexity index is 470. The Morgan fingerprint density at radius 2 is 2.19 bits per heavy atom. The lowest BCUT2D eigenvalue weighted by Crippen LogP contribution is -2.27. The zero-order valence-corrected chi connectivity index (χ0v) is 13.8. The van der Waals surface area contributed by atoms with E-state index < -0.39 is 0 Å². The van der Waals surface area contributed by atoms with Gasteiger partial charge in [0.2, 0.25) is 0 Å². The molecule has 21 heavy (non-hydrogen) atoms. The molecule has 1 unspecified atom stereocenters. The third-order valence-electron chi connectivity index (χ3n) is 3.73. The van der Waals surface area contributed by atoms with E-state index in [0.29, 0.717) is 23.5 Å². The highest BCUT2D eigenvalue weighted by Crippen LogP contribution is 2.29. The molecule has 6 heteroatoms. The molecule has 1 fully saturated rings. The van der Waals surface area contributed by atoms with Gasteiger partial charge >= 0.3 is 0 Å². The summed E-state index contributed by atoms with van der Waals surface area (Å²) in [6, 6.07) is 0.658. The van der Waals surface area contributed by atoms with E-state index in [4.69, 9.17) is 5.73 Å². The summed E-state index contributed by atoms with van der Waals surface area (Å²) in [5, 5.41) is 7.18. The molecule has 1 aromatic heterocycles. The Balaban J connectivity index is 1.88. The van der Waals surface area contributed by atoms with Crippen LogP contribution in [0.3, 0.4) is 0 Å². The number of rotatable bonds is 9. The van der Waals surface area contributed by atoms with Crippen molar-refractivity contribution in [1.29, 1.82) is 0 Å². The monoisotopic (exact) mass is 310 g/mol. The third kappa shape index (κ3) is 4.88. The van der Waals surface area contributed by atoms with Crippen LogP contribution in [0.5, 0.6) is 0 Å². The maximum Gasteiger partial charge on any atom is 0.258 e. The Hall–Kier alpha value is -1.30. The van der Waals surface area contributed by atoms with Crippen LogP contribution in [0.4, 0.5) is 10.8 Å². The average Bonchev–Trinajstić information content (AvgIpc) is 3.18. The number of hydrogen-bond acceptors (Lipinski definition) is 5. The first kappa shape index (κ1) is 16.1. The summed E-state index contributed by atoms with van der Waals surface area (Å²) in [5.74, 6) is 0.239. The number of nitrogens with zero attached hydrogens (tertiary/aromatic N) is 1. The van der Waals surface area contributed by atoms with Gasteiger partial charge < -0.3 is 16.4 Å². The zero-order valence-electron chi connectivity index (χ0n) is 12.9. The molecule has 118 valence electrons. The van der Waals surface area contributed by atoms with Crippen LogP contribution in [0.2, 0.25) is 0 Å². The first-order valence-corrected chi connectivity index (χ1v) is 8.71. The number of amides is 1. The fourth-order valence-electron chi connectivity index (χ4n) is 2.28. The number of anilines is 2. The molecule has 1 aliphatic rings. The van der Waals surface area contributed by atoms with Crippen LogP contribution in [0, 0.1) is 0 Å². The number of carbonyl (C=O) groups is 1. The highest BCUT2D eigenvalue weighted by Gasteiger charge is 2.27. The van der Waals surface area contributed by atoms with Gasteiger partial charge in [0.25, 0.3) is 5.91 Å². The molecule has 0 radical (unpaired) electrons. The van der Waals surface area contributed by atoms with Gasteiger partial charge in [-0.25, -0.2) is 0 Å². The highest BCUT2D eigenvalue weighted by atomic mass is 32.1. The van der Waals surface area contributed by atoms with Crippen molar-refractivity contribution in [3.8, 4) is 0 Å². The van der Waals surface area contributed by atoms with Gasteiger partial charge in [0.15, 0.2) is 5.82 Å². The van der Waals surface area contributed by atoms with Gasteiger partial charge in [0.1, 0.15) is 10.6 Å². The first-order chi connectivity index (χ1) is 10.1. The predicted octanol–water partition coefficient (Wildman–Crippen LogP) is 3.39. The van der Waals surface area contributed by atoms with Gasteiger partial charge in [-0.2, -0.15) is 4.37 Å². The van der Waals surface area contributed by atoms with Crippen LogP contribution in [0.25, 0.3) is 0 Å². The molecule has 2 rings (SSSR count). The minimum Gasteiger partial charge on any atom is -0.382 e. The molecule has 0 spiro atoms. The van der Waals surface area contributed by atoms with Crippen molar-refractivity contribution in [2.75, 3.05) is 11.1 Å². The third-order valence-corrected chi connectivity index (χ3v) is 4.52. The van der Waals surface area contributed by atoms with Gasteiger partial charge in [-0.15, -0.1) is 0 Å². The largest absolute Gasteiger partial charge is 0.382 e. The summed E-state index contributed by atoms with van der Waals surface area (Å²) >= 11 is 1.28. The number of nitrogens with one attached hydrogen (secondary N) is 2. The second kappa shape index (κ2) is 7.64. The van der Waals surface area contributed by atoms with Gasteiger partial charge in [0, 0.05) is 12.1 Å². The van der Waals surface area contributed by atoms with Crippen molar-refractivity contribution in [2.24, 2.45) is 0 Å². The average molecular weight is 310 g/mol. The van der Waals surface area contributed by atoms with E-state index in [-0.39, 0.29) is 5.91 Å². The summed E-state index contributed by atoms with van der Waals surface area (Å²) in [6.45, 7) is 4.36. The minimum atomic E-state index is -0.0931. The van der Waals surface area contributed by atoms with Gasteiger partial charge in [-0.3, -0.25) is 4.79 Å². The maximum atomic E-state index is 12.2. The number of nitrogen functional groups attached to an aromatic ring is 1. The number of carbonyl (C=O) groups excluding carboxylic acids is 1. The molecule has 1 heterocycles. The lowest BCUT2D eigenvalue weighted by atomic mass is 10.1. The fourth-order valence-corrected chi connectivity index (χ4v) is 3.10. The fraction of sp³-hybridized carbons (Fsp3) is 0.733. The van der Waals surface area contributed by atoms with E-state index >= 15 is 0 Å². The van der Waals surface area contributed by atoms with E-state index in [0.717, 1.165) is 24.3 Å². The van der Waals surface area contributed by atoms with Crippen LogP contribution in [0.1, 0.15) is 69.2 Å². The zero-order chi connectivity index (χ0) is 15.2. The number of hydrogen-bond donors (Lipinski definition) is 3. The van der Waals surface area contributed by atoms with Crippen LogP contribution >= 0.6 is 11.5 Å². The number of unbranched alkanes of at least 4 members (excludes halogenated alkanes) is 3. The maximum absolute atomic E-state index is 12.2. The summed E-state index contributed by atoms with van der Waals surface area (Å²) in [7, 11) is 0. The van der Waals surface area contributed by atoms with Crippen LogP contribution in [0.15, 0.2) is 0 Å². The topological polar surface area (TPSA) is 80.0 Å². The van der Waals surface area contributed by atoms with E-state index in [2.05, 4.69) is 28.9 Å². The van der Waals surface area contributed by atoms with Gasteiger partial charge in [-0.1, -0.05) is 32.6 Å². The van der Waals surface area contributed by atoms with Crippen molar-refractivity contribution in [2.45, 2.75) is 70.9 Å². The Morgan fingerprint density at radius 1 is 1.43 bits per heavy atom. The molecule has 0 saturated heterocycles. The molecule has 1 saturated carbocycles. The SMILES string of the molecule is CCCCCCC(C)Nc1snc(N)c1C(=O)NC1CC1. The second-order valence-electron chi connectivity index (χ2n) is 5.91. The molecular formula is C15H26N4OS. The van der Waals surface area contributed by atoms with Crippen molar-refractivity contribution in [3.05, 3.63) is 5.56 Å². The molecule has 5 nitrogen and oxygen atoms in total. The van der Waals surface area contributed by atoms with E-state index in [1.807, 2.05) is 0 Å². The molecular weight excluding hydrogens is 284 g/mol. The Morgan fingerprint density at radius 3 is 2.86 bits per heavy atom. The molecule has 0 aliphatic heterocycles. The van der Waals surface area contributed by atoms with Crippen molar-refractivity contribution >= 4 is 28.3 Å². The highest BCUT2D eigenvalue weighted by molar-refractivity contribution is 7.11. The minimum absolute atomic E-state index is 0.0931. The quantitative estimate of drug-likeness (QED) is 0.611. The molecule has 0 bridgehead atoms. The first-order valence-electron chi connectivity index (χ1n) is 7.94. The molecule has 1 atom stereocenters. The molecule has 1 amide bonds. The van der Waals surface area contributed by atoms with Gasteiger partial charge in [0.05, 0.1) is 0 Å². The summed E-state index contributed by atoms with van der Waals surface area (Å²) in [4.78, 5) is 12.2. The van der Waals surface area contributed by atoms with Crippen LogP contribution in [-0.4, -0.2) is 22.4 Å². The normalized spacial score (nSPS) is 15.7. The second-order valence-corrected chi connectivity index (χ2v) is 6.69. The molecule has 1 aliphatic carbocycles. The summed E-state index contributed by atoms with van der Waals surface area (Å²) in [5.41, 5.74) is 6.37. The summed E-state index contributed by atoms with van der Waals surface area (Å²) < 4.78 is 4.12. The van der Waals surface area contributed by atoms with Crippen molar-refractivity contribution in [1.82, 2.24) is 9.69 Å². The van der Waals surface area contributed by atoms with E-state index in [9.17, 15) is 4.79 Å². The Labute approximate surface area is 130 Å². The van der Waals surface area contributed by atoms with E-state index in [1.54, 1.807) is 0 Å². The Kier molecular flexibility index (Phi) is 5.85. The number of aromatic nitrogens is 1. The van der Waals surface area contributed by atoms with Crippen molar-refractivity contribution < 1.29 is 4.79 Å². The van der Waals surface area contributed by atoms with Crippen LogP contribution < -0.4 is 16.4 Å². The molecule has 4 N–H and O–H groups in total. The summed E-state index contributed by atoms with van der Waals surface area (Å²) in [6.07, 6.45) is 8.25. The predicted molar refractivity (Wildman–Crippen MR) is 88.9 cm³/mol. The lowest BCUT2D eigenvalue weighted by Gasteiger charge is -2.14. The van der Waals surface area contributed by atoms with Crippen LogP contribution in [-0.2, 0) is 0 Å². The lowest BCUT2D eigenvalue weighted by molar-refractivity contribution is 0.0953. The smallest absolute Gasteiger partial charge is 0.258 e. The standard InChI is InChI=1S/C15H26N4OS/c1-3-4-5-6-7-10(2)17-15-12(13(16)19-21-15)14(20)18-11-8-9-11/h10-11,17H,3-9H2,1-2H3,(H2,16,19)(H,18,20). The molecule has 0 aromatic carbocycles. The number of nitrogens with two attached hydrogens (primary N) is 1. The van der Waals surface area contributed by atoms with E-state index in [1.165, 1.54) is 37.2 Å².